The number of Topliss-reactive ketones (excluding diaryl/α,β-unsaturated/α-hetero) is 1. The molecule has 3 atom stereocenters. The third-order valence-electron chi connectivity index (χ3n) is 4.50. The standard InChI is InChI=1S/C17H13F3N4O5/c18-17(19,20)16(27)12(14(25)9-4-3-7-21-8-9)13(22-15(26)23-16)10-5-1-2-6-11(10)24(28)29/h1-8,12-13,27H,(H2,22,23,26)/t12-,13-,16-/m0/s1. The summed E-state index contributed by atoms with van der Waals surface area (Å²) in [5.74, 6) is -3.58. The van der Waals surface area contributed by atoms with Crippen molar-refractivity contribution >= 4 is 17.5 Å². The summed E-state index contributed by atoms with van der Waals surface area (Å²) in [6.45, 7) is 0. The number of nitro groups is 1. The Hall–Kier alpha value is -3.54. The SMILES string of the molecule is O=C1N[C@@H](c2ccccc2[N+](=O)[O-])[C@@H](C(=O)c2cccnc2)[C@](O)(C(F)(F)F)N1. The van der Waals surface area contributed by atoms with E-state index in [1.165, 1.54) is 35.8 Å². The molecule has 0 saturated carbocycles. The van der Waals surface area contributed by atoms with Crippen LogP contribution in [0.4, 0.5) is 23.7 Å². The molecule has 0 spiro atoms. The maximum absolute atomic E-state index is 13.8. The zero-order valence-electron chi connectivity index (χ0n) is 14.4. The number of aliphatic hydroxyl groups is 1. The van der Waals surface area contributed by atoms with Gasteiger partial charge in [-0.05, 0) is 12.1 Å². The fourth-order valence-electron chi connectivity index (χ4n) is 3.20. The van der Waals surface area contributed by atoms with Crippen molar-refractivity contribution in [2.45, 2.75) is 17.9 Å². The van der Waals surface area contributed by atoms with Gasteiger partial charge in [0.1, 0.15) is 5.92 Å². The smallest absolute Gasteiger partial charge is 0.363 e. The molecule has 0 radical (unpaired) electrons. The van der Waals surface area contributed by atoms with Gasteiger partial charge < -0.3 is 15.7 Å². The summed E-state index contributed by atoms with van der Waals surface area (Å²) >= 11 is 0. The van der Waals surface area contributed by atoms with Gasteiger partial charge in [0.25, 0.3) is 5.69 Å². The van der Waals surface area contributed by atoms with E-state index in [2.05, 4.69) is 10.3 Å². The molecule has 2 heterocycles. The molecular formula is C17H13F3N4O5. The van der Waals surface area contributed by atoms with Crippen molar-refractivity contribution in [1.82, 2.24) is 15.6 Å². The van der Waals surface area contributed by atoms with E-state index < -0.39 is 46.3 Å². The lowest BCUT2D eigenvalue weighted by Crippen LogP contribution is -2.72. The number of halogens is 3. The van der Waals surface area contributed by atoms with Crippen LogP contribution in [-0.2, 0) is 0 Å². The van der Waals surface area contributed by atoms with Crippen LogP contribution in [0.1, 0.15) is 22.0 Å². The van der Waals surface area contributed by atoms with E-state index in [-0.39, 0.29) is 11.1 Å². The number of aromatic nitrogens is 1. The Kier molecular flexibility index (Phi) is 4.96. The highest BCUT2D eigenvalue weighted by Crippen LogP contribution is 2.45. The lowest BCUT2D eigenvalue weighted by Gasteiger charge is -2.44. The molecule has 0 bridgehead atoms. The number of nitro benzene ring substituents is 1. The number of benzene rings is 1. The van der Waals surface area contributed by atoms with Crippen molar-refractivity contribution in [2.75, 3.05) is 0 Å². The predicted molar refractivity (Wildman–Crippen MR) is 90.6 cm³/mol. The molecule has 152 valence electrons. The Morgan fingerprint density at radius 1 is 1.24 bits per heavy atom. The van der Waals surface area contributed by atoms with Crippen LogP contribution in [0.3, 0.4) is 0 Å². The zero-order chi connectivity index (χ0) is 21.4. The molecule has 0 aliphatic carbocycles. The normalized spacial score (nSPS) is 24.3. The van der Waals surface area contributed by atoms with Crippen molar-refractivity contribution in [3.8, 4) is 0 Å². The van der Waals surface area contributed by atoms with E-state index in [1.54, 1.807) is 0 Å². The summed E-state index contributed by atoms with van der Waals surface area (Å²) < 4.78 is 41.3. The average Bonchev–Trinajstić information content (AvgIpc) is 2.66. The van der Waals surface area contributed by atoms with Crippen molar-refractivity contribution in [3.63, 3.8) is 0 Å². The minimum Gasteiger partial charge on any atom is -0.363 e. The number of nitrogens with one attached hydrogen (secondary N) is 2. The maximum Gasteiger partial charge on any atom is 0.437 e. The molecule has 12 heteroatoms. The van der Waals surface area contributed by atoms with Gasteiger partial charge in [-0.3, -0.25) is 19.9 Å². The first-order valence-corrected chi connectivity index (χ1v) is 8.11. The first kappa shape index (κ1) is 20.2. The number of para-hydroxylation sites is 1. The maximum atomic E-state index is 13.8. The number of amides is 2. The van der Waals surface area contributed by atoms with Crippen LogP contribution < -0.4 is 10.6 Å². The van der Waals surface area contributed by atoms with Gasteiger partial charge in [0.05, 0.1) is 16.5 Å². The van der Waals surface area contributed by atoms with Crippen molar-refractivity contribution in [2.24, 2.45) is 5.92 Å². The topological polar surface area (TPSA) is 134 Å². The van der Waals surface area contributed by atoms with Crippen LogP contribution in [0.25, 0.3) is 0 Å². The van der Waals surface area contributed by atoms with Gasteiger partial charge in [-0.1, -0.05) is 18.2 Å². The molecule has 1 fully saturated rings. The van der Waals surface area contributed by atoms with E-state index in [9.17, 15) is 38.0 Å². The minimum atomic E-state index is -5.46. The minimum absolute atomic E-state index is 0.276. The molecule has 1 aliphatic rings. The first-order valence-electron chi connectivity index (χ1n) is 8.11. The van der Waals surface area contributed by atoms with Gasteiger partial charge in [0, 0.05) is 24.0 Å². The zero-order valence-corrected chi connectivity index (χ0v) is 14.4. The number of carbonyl (C=O) groups is 2. The second kappa shape index (κ2) is 7.13. The monoisotopic (exact) mass is 410 g/mol. The number of urea groups is 1. The highest BCUT2D eigenvalue weighted by Gasteiger charge is 2.66. The second-order valence-corrected chi connectivity index (χ2v) is 6.24. The van der Waals surface area contributed by atoms with Crippen LogP contribution in [0, 0.1) is 16.0 Å². The highest BCUT2D eigenvalue weighted by molar-refractivity contribution is 6.00. The number of hydrogen-bond acceptors (Lipinski definition) is 6. The number of pyridine rings is 1. The number of ketones is 1. The number of alkyl halides is 3. The molecule has 9 nitrogen and oxygen atoms in total. The van der Waals surface area contributed by atoms with Gasteiger partial charge in [0.2, 0.25) is 5.72 Å². The molecule has 3 N–H and O–H groups in total. The number of carbonyl (C=O) groups excluding carboxylic acids is 2. The van der Waals surface area contributed by atoms with Gasteiger partial charge in [-0.2, -0.15) is 13.2 Å². The molecule has 2 amide bonds. The van der Waals surface area contributed by atoms with Crippen molar-refractivity contribution in [1.29, 1.82) is 0 Å². The van der Waals surface area contributed by atoms with Crippen LogP contribution in [-0.4, -0.2) is 38.7 Å². The molecule has 1 aromatic heterocycles. The fourth-order valence-corrected chi connectivity index (χ4v) is 3.20. The highest BCUT2D eigenvalue weighted by atomic mass is 19.4. The number of nitrogens with zero attached hydrogens (tertiary/aromatic N) is 2. The Morgan fingerprint density at radius 2 is 1.93 bits per heavy atom. The fraction of sp³-hybridized carbons (Fsp3) is 0.235. The second-order valence-electron chi connectivity index (χ2n) is 6.24. The quantitative estimate of drug-likeness (QED) is 0.401. The van der Waals surface area contributed by atoms with E-state index in [4.69, 9.17) is 0 Å². The summed E-state index contributed by atoms with van der Waals surface area (Å²) in [5, 5.41) is 25.2. The molecule has 1 aromatic carbocycles. The van der Waals surface area contributed by atoms with Gasteiger partial charge in [-0.15, -0.1) is 0 Å². The van der Waals surface area contributed by atoms with Gasteiger partial charge in [0.15, 0.2) is 5.78 Å². The van der Waals surface area contributed by atoms with Crippen LogP contribution in [0.2, 0.25) is 0 Å². The van der Waals surface area contributed by atoms with Gasteiger partial charge >= 0.3 is 12.2 Å². The molecule has 0 unspecified atom stereocenters. The van der Waals surface area contributed by atoms with Crippen LogP contribution in [0.15, 0.2) is 48.8 Å². The van der Waals surface area contributed by atoms with E-state index in [0.717, 1.165) is 18.3 Å². The van der Waals surface area contributed by atoms with Crippen LogP contribution >= 0.6 is 0 Å². The van der Waals surface area contributed by atoms with Crippen LogP contribution in [0.5, 0.6) is 0 Å². The van der Waals surface area contributed by atoms with Gasteiger partial charge in [-0.25, -0.2) is 4.79 Å². The third kappa shape index (κ3) is 3.49. The van der Waals surface area contributed by atoms with E-state index in [0.29, 0.717) is 0 Å². The Morgan fingerprint density at radius 3 is 2.52 bits per heavy atom. The number of hydrogen-bond donors (Lipinski definition) is 3. The number of rotatable bonds is 4. The lowest BCUT2D eigenvalue weighted by molar-refractivity contribution is -0.386. The summed E-state index contributed by atoms with van der Waals surface area (Å²) in [6, 6.07) is 3.89. The Bertz CT molecular complexity index is 969. The molecule has 2 aromatic rings. The molecule has 29 heavy (non-hydrogen) atoms. The molecule has 1 aliphatic heterocycles. The predicted octanol–water partition coefficient (Wildman–Crippen LogP) is 2.09. The summed E-state index contributed by atoms with van der Waals surface area (Å²) in [5.41, 5.74) is -5.23. The van der Waals surface area contributed by atoms with E-state index >= 15 is 0 Å². The Labute approximate surface area is 160 Å². The van der Waals surface area contributed by atoms with Crippen molar-refractivity contribution in [3.05, 3.63) is 70.0 Å². The Balaban J connectivity index is 2.23. The van der Waals surface area contributed by atoms with Crippen molar-refractivity contribution < 1.29 is 32.8 Å². The molecule has 1 saturated heterocycles. The first-order chi connectivity index (χ1) is 13.6. The summed E-state index contributed by atoms with van der Waals surface area (Å²) in [4.78, 5) is 39.0. The van der Waals surface area contributed by atoms with E-state index in [1.807, 2.05) is 0 Å². The third-order valence-corrected chi connectivity index (χ3v) is 4.50. The lowest BCUT2D eigenvalue weighted by atomic mass is 9.77. The summed E-state index contributed by atoms with van der Waals surface area (Å²) in [7, 11) is 0. The average molecular weight is 410 g/mol. The summed E-state index contributed by atoms with van der Waals surface area (Å²) in [6.07, 6.45) is -3.19. The molecule has 3 rings (SSSR count). The largest absolute Gasteiger partial charge is 0.437 e. The molecular weight excluding hydrogens is 397 g/mol.